The highest BCUT2D eigenvalue weighted by Gasteiger charge is 2.27. The Labute approximate surface area is 147 Å². The number of allylic oxidation sites excluding steroid dienone is 1. The molecule has 0 N–H and O–H groups in total. The van der Waals surface area contributed by atoms with Gasteiger partial charge in [-0.15, -0.1) is 0 Å². The lowest BCUT2D eigenvalue weighted by Gasteiger charge is -2.17. The molecule has 0 aliphatic heterocycles. The second kappa shape index (κ2) is 9.84. The van der Waals surface area contributed by atoms with E-state index in [1.54, 1.807) is 45.0 Å². The first-order chi connectivity index (χ1) is 11.3. The van der Waals surface area contributed by atoms with Crippen molar-refractivity contribution in [2.45, 2.75) is 33.8 Å². The molecular weight excluding hydrogens is 355 g/mol. The quantitative estimate of drug-likeness (QED) is 0.260. The standard InChI is InChI=1S/C16H22ClO6P/c1-5-20-24(19,21-6-2)23-12(3)11-16(18)22-13(4)14-7-9-15(17)10-8-14/h7-11,13H,5-6H2,1-4H3/b12-11+. The van der Waals surface area contributed by atoms with Crippen LogP contribution < -0.4 is 0 Å². The zero-order valence-corrected chi connectivity index (χ0v) is 15.8. The Hall–Kier alpha value is -1.33. The molecule has 134 valence electrons. The van der Waals surface area contributed by atoms with E-state index in [1.807, 2.05) is 0 Å². The Morgan fingerprint density at radius 1 is 1.21 bits per heavy atom. The predicted molar refractivity (Wildman–Crippen MR) is 91.7 cm³/mol. The fraction of sp³-hybridized carbons (Fsp3) is 0.438. The molecule has 0 aromatic heterocycles. The van der Waals surface area contributed by atoms with Crippen molar-refractivity contribution >= 4 is 25.4 Å². The summed E-state index contributed by atoms with van der Waals surface area (Å²) >= 11 is 5.82. The second-order valence-electron chi connectivity index (χ2n) is 4.76. The van der Waals surface area contributed by atoms with Crippen LogP contribution in [-0.2, 0) is 27.7 Å². The number of hydrogen-bond donors (Lipinski definition) is 0. The summed E-state index contributed by atoms with van der Waals surface area (Å²) in [4.78, 5) is 11.9. The summed E-state index contributed by atoms with van der Waals surface area (Å²) in [5, 5.41) is 0.601. The molecule has 8 heteroatoms. The molecule has 0 fully saturated rings. The van der Waals surface area contributed by atoms with Crippen molar-refractivity contribution in [3.8, 4) is 0 Å². The van der Waals surface area contributed by atoms with E-state index in [0.717, 1.165) is 11.6 Å². The summed E-state index contributed by atoms with van der Waals surface area (Å²) in [6.45, 7) is 6.84. The number of ether oxygens (including phenoxy) is 1. The summed E-state index contributed by atoms with van der Waals surface area (Å²) in [7, 11) is -3.72. The van der Waals surface area contributed by atoms with Crippen LogP contribution in [0, 0.1) is 0 Å². The number of phosphoric ester groups is 1. The Morgan fingerprint density at radius 3 is 2.25 bits per heavy atom. The molecule has 0 bridgehead atoms. The van der Waals surface area contributed by atoms with Gasteiger partial charge in [0.25, 0.3) is 0 Å². The molecule has 1 unspecified atom stereocenters. The number of rotatable bonds is 9. The molecule has 1 rings (SSSR count). The first kappa shape index (κ1) is 20.7. The van der Waals surface area contributed by atoms with Gasteiger partial charge in [-0.1, -0.05) is 23.7 Å². The third-order valence-corrected chi connectivity index (χ3v) is 4.70. The summed E-state index contributed by atoms with van der Waals surface area (Å²) in [5.41, 5.74) is 0.800. The Bertz CT molecular complexity index is 603. The van der Waals surface area contributed by atoms with Crippen molar-refractivity contribution < 1.29 is 27.7 Å². The van der Waals surface area contributed by atoms with Gasteiger partial charge in [0.05, 0.1) is 19.3 Å². The van der Waals surface area contributed by atoms with Gasteiger partial charge in [-0.25, -0.2) is 9.36 Å². The van der Waals surface area contributed by atoms with E-state index < -0.39 is 19.9 Å². The van der Waals surface area contributed by atoms with Crippen LogP contribution in [0.2, 0.25) is 5.02 Å². The number of phosphoric acid groups is 1. The van der Waals surface area contributed by atoms with Gasteiger partial charge < -0.3 is 9.26 Å². The molecule has 0 radical (unpaired) electrons. The Balaban J connectivity index is 2.68. The molecule has 6 nitrogen and oxygen atoms in total. The van der Waals surface area contributed by atoms with Gasteiger partial charge in [0, 0.05) is 5.02 Å². The summed E-state index contributed by atoms with van der Waals surface area (Å²) in [5.74, 6) is -0.553. The zero-order chi connectivity index (χ0) is 18.2. The van der Waals surface area contributed by atoms with E-state index in [0.29, 0.717) is 5.02 Å². The van der Waals surface area contributed by atoms with E-state index in [2.05, 4.69) is 0 Å². The highest BCUT2D eigenvalue weighted by Crippen LogP contribution is 2.51. The van der Waals surface area contributed by atoms with Crippen molar-refractivity contribution in [1.29, 1.82) is 0 Å². The minimum absolute atomic E-state index is 0.0774. The van der Waals surface area contributed by atoms with E-state index in [1.165, 1.54) is 6.92 Å². The molecule has 1 aromatic rings. The molecule has 0 saturated carbocycles. The third-order valence-electron chi connectivity index (χ3n) is 2.78. The number of halogens is 1. The van der Waals surface area contributed by atoms with Crippen LogP contribution in [0.15, 0.2) is 36.1 Å². The van der Waals surface area contributed by atoms with Crippen LogP contribution in [-0.4, -0.2) is 19.2 Å². The number of carbonyl (C=O) groups is 1. The van der Waals surface area contributed by atoms with Gasteiger partial charge in [0.2, 0.25) is 0 Å². The van der Waals surface area contributed by atoms with Crippen molar-refractivity contribution in [3.63, 3.8) is 0 Å². The van der Waals surface area contributed by atoms with Crippen molar-refractivity contribution in [1.82, 2.24) is 0 Å². The van der Waals surface area contributed by atoms with Crippen LogP contribution in [0.4, 0.5) is 0 Å². The summed E-state index contributed by atoms with van der Waals surface area (Å²) in [6, 6.07) is 6.97. The molecule has 0 aliphatic rings. The fourth-order valence-corrected chi connectivity index (χ4v) is 3.13. The average molecular weight is 377 g/mol. The predicted octanol–water partition coefficient (Wildman–Crippen LogP) is 5.05. The van der Waals surface area contributed by atoms with Crippen LogP contribution >= 0.6 is 19.4 Å². The van der Waals surface area contributed by atoms with Crippen LogP contribution in [0.25, 0.3) is 0 Å². The topological polar surface area (TPSA) is 71.1 Å². The molecule has 0 saturated heterocycles. The number of esters is 1. The van der Waals surface area contributed by atoms with Crippen molar-refractivity contribution in [2.75, 3.05) is 13.2 Å². The van der Waals surface area contributed by atoms with Crippen LogP contribution in [0.3, 0.4) is 0 Å². The summed E-state index contributed by atoms with van der Waals surface area (Å²) in [6.07, 6.45) is 0.626. The average Bonchev–Trinajstić information content (AvgIpc) is 2.47. The smallest absolute Gasteiger partial charge is 0.455 e. The Kier molecular flexibility index (Phi) is 8.50. The monoisotopic (exact) mass is 376 g/mol. The molecule has 0 heterocycles. The Morgan fingerprint density at radius 2 is 1.75 bits per heavy atom. The molecule has 0 aliphatic carbocycles. The molecular formula is C16H22ClO6P. The van der Waals surface area contributed by atoms with Gasteiger partial charge in [-0.3, -0.25) is 9.05 Å². The van der Waals surface area contributed by atoms with Gasteiger partial charge in [0.15, 0.2) is 0 Å². The highest BCUT2D eigenvalue weighted by molar-refractivity contribution is 7.48. The first-order valence-electron chi connectivity index (χ1n) is 7.52. The minimum atomic E-state index is -3.72. The van der Waals surface area contributed by atoms with Crippen molar-refractivity contribution in [3.05, 3.63) is 46.7 Å². The van der Waals surface area contributed by atoms with Crippen LogP contribution in [0.1, 0.15) is 39.4 Å². The SMILES string of the molecule is CCOP(=O)(OCC)O/C(C)=C/C(=O)OC(C)c1ccc(Cl)cc1. The van der Waals surface area contributed by atoms with Gasteiger partial charge in [-0.2, -0.15) is 0 Å². The lowest BCUT2D eigenvalue weighted by atomic mass is 10.1. The van der Waals surface area contributed by atoms with Crippen molar-refractivity contribution in [2.24, 2.45) is 0 Å². The highest BCUT2D eigenvalue weighted by atomic mass is 35.5. The molecule has 0 amide bonds. The molecule has 1 aromatic carbocycles. The van der Waals surface area contributed by atoms with Gasteiger partial charge >= 0.3 is 13.8 Å². The summed E-state index contributed by atoms with van der Waals surface area (Å²) < 4.78 is 32.6. The van der Waals surface area contributed by atoms with Gasteiger partial charge in [0.1, 0.15) is 11.9 Å². The molecule has 24 heavy (non-hydrogen) atoms. The normalized spacial score (nSPS) is 13.5. The second-order valence-corrected chi connectivity index (χ2v) is 6.79. The number of carbonyl (C=O) groups excluding carboxylic acids is 1. The third kappa shape index (κ3) is 7.05. The maximum absolute atomic E-state index is 12.2. The largest absolute Gasteiger partial charge is 0.529 e. The number of benzene rings is 1. The zero-order valence-electron chi connectivity index (χ0n) is 14.2. The lowest BCUT2D eigenvalue weighted by Crippen LogP contribution is -2.07. The van der Waals surface area contributed by atoms with E-state index in [4.69, 9.17) is 29.9 Å². The maximum Gasteiger partial charge on any atom is 0.529 e. The van der Waals surface area contributed by atoms with E-state index in [9.17, 15) is 9.36 Å². The van der Waals surface area contributed by atoms with E-state index >= 15 is 0 Å². The van der Waals surface area contributed by atoms with Gasteiger partial charge in [-0.05, 0) is 45.4 Å². The van der Waals surface area contributed by atoms with Crippen LogP contribution in [0.5, 0.6) is 0 Å². The maximum atomic E-state index is 12.2. The fourth-order valence-electron chi connectivity index (χ4n) is 1.78. The first-order valence-corrected chi connectivity index (χ1v) is 9.36. The number of hydrogen-bond acceptors (Lipinski definition) is 6. The minimum Gasteiger partial charge on any atom is -0.455 e. The van der Waals surface area contributed by atoms with E-state index in [-0.39, 0.29) is 19.0 Å². The molecule has 0 spiro atoms. The molecule has 1 atom stereocenters. The lowest BCUT2D eigenvalue weighted by molar-refractivity contribution is -0.142.